The van der Waals surface area contributed by atoms with E-state index in [9.17, 15) is 36.2 Å². The number of hydrogen-bond donors (Lipinski definition) is 3. The molecule has 2 atom stereocenters. The van der Waals surface area contributed by atoms with E-state index < -0.39 is 36.9 Å². The molecule has 1 amide bonds. The Morgan fingerprint density at radius 2 is 2.00 bits per heavy atom. The molecule has 4 rings (SSSR count). The van der Waals surface area contributed by atoms with Crippen molar-refractivity contribution in [3.63, 3.8) is 0 Å². The van der Waals surface area contributed by atoms with Gasteiger partial charge in [-0.05, 0) is 18.2 Å². The summed E-state index contributed by atoms with van der Waals surface area (Å²) >= 11 is 0. The average Bonchev–Trinajstić information content (AvgIpc) is 3.10. The molecule has 198 valence electrons. The number of aromatic nitrogens is 2. The van der Waals surface area contributed by atoms with Crippen LogP contribution in [0.25, 0.3) is 0 Å². The molecule has 0 saturated carbocycles. The molecule has 3 N–H and O–H groups in total. The van der Waals surface area contributed by atoms with Crippen molar-refractivity contribution in [3.8, 4) is 0 Å². The van der Waals surface area contributed by atoms with Crippen LogP contribution in [-0.4, -0.2) is 76.6 Å². The van der Waals surface area contributed by atoms with Gasteiger partial charge in [0.2, 0.25) is 0 Å². The molecule has 3 heterocycles. The summed E-state index contributed by atoms with van der Waals surface area (Å²) in [6.07, 6.45) is -8.41. The second-order valence-corrected chi connectivity index (χ2v) is 8.99. The first-order valence-electron chi connectivity index (χ1n) is 11.3. The highest BCUT2D eigenvalue weighted by Crippen LogP contribution is 2.33. The van der Waals surface area contributed by atoms with E-state index in [1.165, 1.54) is 9.80 Å². The predicted molar refractivity (Wildman–Crippen MR) is 117 cm³/mol. The molecule has 0 spiro atoms. The Bertz CT molecular complexity index is 1110. The first kappa shape index (κ1) is 26.2. The van der Waals surface area contributed by atoms with Crippen molar-refractivity contribution in [1.29, 1.82) is 0 Å². The summed E-state index contributed by atoms with van der Waals surface area (Å²) in [5, 5.41) is 20.5. The number of rotatable bonds is 7. The number of halogens is 6. The SMILES string of the molecule is CN1CC(CNCC(F)F)Cn2nc3c(c2C1=O)CN(C(O)Nc1ccc(F)c(C(F)(F)F)c1)CC3. The topological polar surface area (TPSA) is 85.7 Å². The number of fused-ring (bicyclic) bond motifs is 3. The predicted octanol–water partition coefficient (Wildman–Crippen LogP) is 2.34. The highest BCUT2D eigenvalue weighted by Gasteiger charge is 2.36. The van der Waals surface area contributed by atoms with E-state index in [4.69, 9.17) is 0 Å². The highest BCUT2D eigenvalue weighted by molar-refractivity contribution is 5.94. The molecule has 2 aromatic rings. The molecule has 8 nitrogen and oxygen atoms in total. The minimum atomic E-state index is -4.89. The number of benzene rings is 1. The van der Waals surface area contributed by atoms with Crippen LogP contribution in [0.3, 0.4) is 0 Å². The van der Waals surface area contributed by atoms with Crippen LogP contribution >= 0.6 is 0 Å². The summed E-state index contributed by atoms with van der Waals surface area (Å²) < 4.78 is 79.2. The molecular formula is C22H26F6N6O2. The highest BCUT2D eigenvalue weighted by atomic mass is 19.4. The number of nitrogens with zero attached hydrogens (tertiary/aromatic N) is 4. The van der Waals surface area contributed by atoms with Crippen molar-refractivity contribution in [1.82, 2.24) is 24.9 Å². The molecule has 0 fully saturated rings. The number of carbonyl (C=O) groups is 1. The maximum absolute atomic E-state index is 13.6. The Labute approximate surface area is 202 Å². The molecule has 0 bridgehead atoms. The van der Waals surface area contributed by atoms with Gasteiger partial charge in [0.25, 0.3) is 12.3 Å². The smallest absolute Gasteiger partial charge is 0.361 e. The zero-order chi connectivity index (χ0) is 26.2. The lowest BCUT2D eigenvalue weighted by Crippen LogP contribution is -2.44. The number of anilines is 1. The van der Waals surface area contributed by atoms with Crippen molar-refractivity contribution in [3.05, 3.63) is 46.5 Å². The summed E-state index contributed by atoms with van der Waals surface area (Å²) in [4.78, 5) is 16.1. The third-order valence-corrected chi connectivity index (χ3v) is 6.29. The molecule has 2 aliphatic rings. The Morgan fingerprint density at radius 3 is 2.69 bits per heavy atom. The fourth-order valence-corrected chi connectivity index (χ4v) is 4.58. The molecule has 0 saturated heterocycles. The minimum absolute atomic E-state index is 0.0973. The van der Waals surface area contributed by atoms with Gasteiger partial charge in [0, 0.05) is 63.4 Å². The van der Waals surface area contributed by atoms with E-state index in [1.807, 2.05) is 0 Å². The van der Waals surface area contributed by atoms with Crippen molar-refractivity contribution in [2.45, 2.75) is 38.5 Å². The van der Waals surface area contributed by atoms with Crippen molar-refractivity contribution < 1.29 is 36.2 Å². The van der Waals surface area contributed by atoms with Gasteiger partial charge < -0.3 is 20.6 Å². The number of aliphatic hydroxyl groups excluding tert-OH is 1. The molecule has 1 aromatic heterocycles. The first-order valence-corrected chi connectivity index (χ1v) is 11.3. The third kappa shape index (κ3) is 5.60. The van der Waals surface area contributed by atoms with Crippen LogP contribution in [0.4, 0.5) is 32.0 Å². The van der Waals surface area contributed by atoms with Crippen LogP contribution in [0.5, 0.6) is 0 Å². The zero-order valence-electron chi connectivity index (χ0n) is 19.3. The summed E-state index contributed by atoms with van der Waals surface area (Å²) in [6.45, 7) is 0.903. The lowest BCUT2D eigenvalue weighted by Gasteiger charge is -2.32. The number of nitrogens with one attached hydrogen (secondary N) is 2. The van der Waals surface area contributed by atoms with Gasteiger partial charge in [0.1, 0.15) is 11.5 Å². The van der Waals surface area contributed by atoms with Crippen LogP contribution in [0.2, 0.25) is 0 Å². The molecule has 0 aliphatic carbocycles. The molecule has 1 aromatic carbocycles. The van der Waals surface area contributed by atoms with Crippen LogP contribution in [0.1, 0.15) is 27.3 Å². The van der Waals surface area contributed by atoms with Gasteiger partial charge in [-0.25, -0.2) is 13.2 Å². The Hall–Kier alpha value is -2.84. The first-order chi connectivity index (χ1) is 16.9. The molecular weight excluding hydrogens is 494 g/mol. The number of alkyl halides is 5. The Balaban J connectivity index is 1.50. The van der Waals surface area contributed by atoms with E-state index in [0.29, 0.717) is 55.1 Å². The van der Waals surface area contributed by atoms with E-state index in [-0.39, 0.29) is 30.6 Å². The molecule has 2 unspecified atom stereocenters. The quantitative estimate of drug-likeness (QED) is 0.384. The molecule has 0 radical (unpaired) electrons. The van der Waals surface area contributed by atoms with Gasteiger partial charge >= 0.3 is 6.18 Å². The zero-order valence-corrected chi connectivity index (χ0v) is 19.3. The normalized spacial score (nSPS) is 19.8. The summed E-state index contributed by atoms with van der Waals surface area (Å²) in [5.41, 5.74) is 0.0225. The number of carbonyl (C=O) groups excluding carboxylic acids is 1. The lowest BCUT2D eigenvalue weighted by molar-refractivity contribution is -0.139. The van der Waals surface area contributed by atoms with Gasteiger partial charge in [-0.1, -0.05) is 0 Å². The number of amides is 1. The summed E-state index contributed by atoms with van der Waals surface area (Å²) in [5.74, 6) is -1.86. The average molecular weight is 520 g/mol. The molecule has 2 aliphatic heterocycles. The fourth-order valence-electron chi connectivity index (χ4n) is 4.58. The van der Waals surface area contributed by atoms with Crippen molar-refractivity contribution in [2.75, 3.05) is 38.5 Å². The van der Waals surface area contributed by atoms with Crippen LogP contribution in [0.15, 0.2) is 18.2 Å². The lowest BCUT2D eigenvalue weighted by atomic mass is 10.0. The van der Waals surface area contributed by atoms with Crippen LogP contribution in [0, 0.1) is 11.7 Å². The van der Waals surface area contributed by atoms with Gasteiger partial charge in [-0.2, -0.15) is 18.3 Å². The largest absolute Gasteiger partial charge is 0.419 e. The minimum Gasteiger partial charge on any atom is -0.361 e. The van der Waals surface area contributed by atoms with E-state index >= 15 is 0 Å². The van der Waals surface area contributed by atoms with Gasteiger partial charge in [-0.3, -0.25) is 14.4 Å². The van der Waals surface area contributed by atoms with E-state index in [1.54, 1.807) is 11.7 Å². The second kappa shape index (κ2) is 10.3. The maximum Gasteiger partial charge on any atom is 0.419 e. The van der Waals surface area contributed by atoms with Crippen LogP contribution < -0.4 is 10.6 Å². The Morgan fingerprint density at radius 1 is 1.25 bits per heavy atom. The third-order valence-electron chi connectivity index (χ3n) is 6.29. The fraction of sp³-hybridized carbons (Fsp3) is 0.545. The molecule has 14 heteroatoms. The maximum atomic E-state index is 13.6. The monoisotopic (exact) mass is 520 g/mol. The van der Waals surface area contributed by atoms with Gasteiger partial charge in [-0.15, -0.1) is 0 Å². The van der Waals surface area contributed by atoms with Crippen molar-refractivity contribution >= 4 is 11.6 Å². The second-order valence-electron chi connectivity index (χ2n) is 8.99. The number of aliphatic hydroxyl groups is 1. The number of hydrogen-bond acceptors (Lipinski definition) is 6. The van der Waals surface area contributed by atoms with Crippen molar-refractivity contribution in [2.24, 2.45) is 5.92 Å². The van der Waals surface area contributed by atoms with E-state index in [0.717, 1.165) is 6.07 Å². The van der Waals surface area contributed by atoms with Crippen LogP contribution in [-0.2, 0) is 25.7 Å². The standard InChI is InChI=1S/C22H26F6N6O2/c1-32-9-12(7-29-8-18(24)25)10-34-19(20(32)35)14-11-33(5-4-17(14)31-34)21(36)30-13-2-3-16(23)15(6-13)22(26,27)28/h2-3,6,12,18,21,29-30,36H,4-5,7-11H2,1H3. The summed E-state index contributed by atoms with van der Waals surface area (Å²) in [6, 6.07) is 2.35. The summed E-state index contributed by atoms with van der Waals surface area (Å²) in [7, 11) is 1.61. The van der Waals surface area contributed by atoms with Gasteiger partial charge in [0.05, 0.1) is 17.8 Å². The Kier molecular flexibility index (Phi) is 7.48. The molecule has 36 heavy (non-hydrogen) atoms. The van der Waals surface area contributed by atoms with Gasteiger partial charge in [0.15, 0.2) is 6.35 Å². The van der Waals surface area contributed by atoms with E-state index in [2.05, 4.69) is 15.7 Å².